The summed E-state index contributed by atoms with van der Waals surface area (Å²) in [5.41, 5.74) is 2.56. The van der Waals surface area contributed by atoms with Gasteiger partial charge in [-0.1, -0.05) is 104 Å². The molecule has 3 heterocycles. The van der Waals surface area contributed by atoms with E-state index in [4.69, 9.17) is 18.9 Å². The number of aromatic nitrogens is 1. The highest BCUT2D eigenvalue weighted by Gasteiger charge is 2.32. The lowest BCUT2D eigenvalue weighted by Crippen LogP contribution is -2.29. The van der Waals surface area contributed by atoms with Gasteiger partial charge in [0.05, 0.1) is 0 Å². The van der Waals surface area contributed by atoms with Gasteiger partial charge in [0.2, 0.25) is 11.6 Å². The number of fused-ring (bicyclic) bond motifs is 2. The highest BCUT2D eigenvalue weighted by atomic mass is 33.1. The molecule has 2 aliphatic heterocycles. The van der Waals surface area contributed by atoms with Crippen LogP contribution < -0.4 is 18.9 Å². The Kier molecular flexibility index (Phi) is 21.6. The highest BCUT2D eigenvalue weighted by molar-refractivity contribution is 8.76. The fourth-order valence-corrected chi connectivity index (χ4v) is 4.98. The van der Waals surface area contributed by atoms with E-state index in [-0.39, 0.29) is 0 Å². The average Bonchev–Trinajstić information content (AvgIpc) is 3.50. The van der Waals surface area contributed by atoms with Crippen molar-refractivity contribution in [3.63, 3.8) is 0 Å². The summed E-state index contributed by atoms with van der Waals surface area (Å²) in [7, 11) is 3.54. The lowest BCUT2D eigenvalue weighted by molar-refractivity contribution is -0.0437. The van der Waals surface area contributed by atoms with E-state index < -0.39 is 11.6 Å². The van der Waals surface area contributed by atoms with Crippen LogP contribution in [-0.2, 0) is 12.8 Å². The number of hydrogen-bond acceptors (Lipinski definition) is 7. The van der Waals surface area contributed by atoms with Gasteiger partial charge in [0, 0.05) is 39.6 Å². The summed E-state index contributed by atoms with van der Waals surface area (Å²) in [6.07, 6.45) is 6.37. The molecule has 5 rings (SSSR count). The first-order chi connectivity index (χ1) is 21.0. The number of ether oxygens (including phenoxy) is 4. The third-order valence-corrected chi connectivity index (χ3v) is 7.49. The Bertz CT molecular complexity index is 1080. The van der Waals surface area contributed by atoms with Crippen molar-refractivity contribution in [3.8, 4) is 23.0 Å². The Morgan fingerprint density at radius 1 is 0.591 bits per heavy atom. The van der Waals surface area contributed by atoms with Gasteiger partial charge < -0.3 is 18.9 Å². The van der Waals surface area contributed by atoms with E-state index in [9.17, 15) is 0 Å². The van der Waals surface area contributed by atoms with Crippen LogP contribution in [0.25, 0.3) is 0 Å². The maximum Gasteiger partial charge on any atom is 0.246 e. The summed E-state index contributed by atoms with van der Waals surface area (Å²) in [6.45, 7) is 26.6. The molecular formula is C37H59NO4S2. The summed E-state index contributed by atoms with van der Waals surface area (Å²) >= 11 is 0. The van der Waals surface area contributed by atoms with Crippen LogP contribution in [0.5, 0.6) is 23.0 Å². The quantitative estimate of drug-likeness (QED) is 0.256. The zero-order chi connectivity index (χ0) is 33.6. The number of pyridine rings is 1. The minimum absolute atomic E-state index is 0.505. The predicted molar refractivity (Wildman–Crippen MR) is 194 cm³/mol. The molecule has 0 saturated heterocycles. The van der Waals surface area contributed by atoms with Gasteiger partial charge in [0.15, 0.2) is 23.0 Å². The van der Waals surface area contributed by atoms with Crippen LogP contribution in [0.1, 0.15) is 114 Å². The summed E-state index contributed by atoms with van der Waals surface area (Å²) in [5.74, 6) is 3.54. The first kappa shape index (κ1) is 41.5. The molecule has 0 amide bonds. The number of nitrogens with zero attached hydrogens (tertiary/aromatic N) is 1. The summed E-state index contributed by atoms with van der Waals surface area (Å²) in [5, 5.41) is 1.09. The van der Waals surface area contributed by atoms with E-state index in [1.165, 1.54) is 24.0 Å². The van der Waals surface area contributed by atoms with Crippen LogP contribution in [-0.4, -0.2) is 22.3 Å². The van der Waals surface area contributed by atoms with Gasteiger partial charge in [0.25, 0.3) is 0 Å². The molecule has 0 atom stereocenters. The largest absolute Gasteiger partial charge is 0.449 e. The van der Waals surface area contributed by atoms with E-state index in [0.29, 0.717) is 0 Å². The zero-order valence-corrected chi connectivity index (χ0v) is 31.3. The lowest BCUT2D eigenvalue weighted by Gasteiger charge is -2.16. The normalized spacial score (nSPS) is 13.5. The number of rotatable bonds is 5. The Morgan fingerprint density at radius 3 is 1.34 bits per heavy atom. The average molecular weight is 646 g/mol. The Balaban J connectivity index is 0.000000567. The van der Waals surface area contributed by atoms with Gasteiger partial charge in [-0.25, -0.2) is 4.98 Å². The van der Waals surface area contributed by atoms with Gasteiger partial charge in [-0.05, 0) is 71.2 Å². The Hall–Kier alpha value is -2.51. The van der Waals surface area contributed by atoms with Crippen molar-refractivity contribution in [1.29, 1.82) is 0 Å². The van der Waals surface area contributed by atoms with Crippen LogP contribution >= 0.6 is 21.6 Å². The minimum Gasteiger partial charge on any atom is -0.449 e. The Morgan fingerprint density at radius 2 is 1.00 bits per heavy atom. The zero-order valence-electron chi connectivity index (χ0n) is 29.7. The van der Waals surface area contributed by atoms with E-state index in [1.807, 2.05) is 101 Å². The maximum atomic E-state index is 5.61. The fourth-order valence-electron chi connectivity index (χ4n) is 3.49. The number of benzene rings is 2. The first-order valence-electron chi connectivity index (χ1n) is 16.2. The first-order valence-corrected chi connectivity index (χ1v) is 18.5. The molecule has 0 bridgehead atoms. The summed E-state index contributed by atoms with van der Waals surface area (Å²) in [4.78, 5) is 4.16. The van der Waals surface area contributed by atoms with Crippen LogP contribution in [0, 0.1) is 0 Å². The molecule has 7 heteroatoms. The molecule has 0 radical (unpaired) electrons. The minimum atomic E-state index is -0.505. The second-order valence-electron chi connectivity index (χ2n) is 10.5. The highest BCUT2D eigenvalue weighted by Crippen LogP contribution is 2.40. The number of hydrogen-bond donors (Lipinski definition) is 0. The van der Waals surface area contributed by atoms with E-state index >= 15 is 0 Å². The number of aryl methyl sites for hydroxylation is 2. The second kappa shape index (κ2) is 22.9. The molecule has 0 aliphatic carbocycles. The van der Waals surface area contributed by atoms with E-state index in [0.717, 1.165) is 46.6 Å². The predicted octanol–water partition coefficient (Wildman–Crippen LogP) is 12.2. The molecular weight excluding hydrogens is 587 g/mol. The molecule has 5 nitrogen and oxygen atoms in total. The van der Waals surface area contributed by atoms with E-state index in [1.54, 1.807) is 10.8 Å². The van der Waals surface area contributed by atoms with Gasteiger partial charge in [-0.15, -0.1) is 0 Å². The summed E-state index contributed by atoms with van der Waals surface area (Å²) < 4.78 is 22.4. The van der Waals surface area contributed by atoms with Crippen molar-refractivity contribution in [2.24, 2.45) is 0 Å². The molecule has 0 saturated carbocycles. The molecule has 3 aromatic rings. The lowest BCUT2D eigenvalue weighted by atomic mass is 10.1. The fraction of sp³-hybridized carbons (Fsp3) is 0.541. The molecule has 0 spiro atoms. The van der Waals surface area contributed by atoms with E-state index in [2.05, 4.69) is 65.6 Å². The molecule has 44 heavy (non-hydrogen) atoms. The Labute approximate surface area is 277 Å². The molecule has 2 aliphatic rings. The van der Waals surface area contributed by atoms with Gasteiger partial charge in [-0.2, -0.15) is 0 Å². The maximum absolute atomic E-state index is 5.61. The molecule has 0 N–H and O–H groups in total. The topological polar surface area (TPSA) is 49.8 Å². The third-order valence-electron chi connectivity index (χ3n) is 5.16. The summed E-state index contributed by atoms with van der Waals surface area (Å²) in [6, 6.07) is 18.1. The smallest absolute Gasteiger partial charge is 0.246 e. The SMILES string of the molecule is CC.CCC.CCC.CCSSc1ccccn1.CCc1ccc2c(c1)OC(C)(C)O2.CCc1ccc2c(c1)OC(C)(C)O2. The van der Waals surface area contributed by atoms with Gasteiger partial charge >= 0.3 is 0 Å². The van der Waals surface area contributed by atoms with Crippen LogP contribution in [0.2, 0.25) is 0 Å². The van der Waals surface area contributed by atoms with Gasteiger partial charge in [0.1, 0.15) is 5.03 Å². The molecule has 248 valence electrons. The molecule has 2 aromatic carbocycles. The van der Waals surface area contributed by atoms with Crippen molar-refractivity contribution in [2.45, 2.75) is 132 Å². The van der Waals surface area contributed by atoms with Crippen LogP contribution in [0.4, 0.5) is 0 Å². The van der Waals surface area contributed by atoms with Crippen molar-refractivity contribution in [2.75, 3.05) is 5.75 Å². The molecule has 0 unspecified atom stereocenters. The monoisotopic (exact) mass is 645 g/mol. The second-order valence-corrected chi connectivity index (χ2v) is 13.2. The third kappa shape index (κ3) is 16.5. The molecule has 1 aromatic heterocycles. The van der Waals surface area contributed by atoms with Crippen molar-refractivity contribution < 1.29 is 18.9 Å². The van der Waals surface area contributed by atoms with Crippen molar-refractivity contribution >= 4 is 21.6 Å². The van der Waals surface area contributed by atoms with Crippen molar-refractivity contribution in [1.82, 2.24) is 4.98 Å². The van der Waals surface area contributed by atoms with Crippen molar-refractivity contribution in [3.05, 3.63) is 71.9 Å². The van der Waals surface area contributed by atoms with Crippen LogP contribution in [0.3, 0.4) is 0 Å². The standard InChI is InChI=1S/2C11H14O2.C7H9NS2.2C3H8.C2H6/c2*1-4-8-5-6-9-10(7-8)13-11(2,3)12-9;1-2-9-10-7-5-3-4-6-8-7;2*1-3-2;1-2/h2*5-7H,4H2,1-3H3;3-6H,2H2,1H3;2*3H2,1-2H3;1-2H3. The van der Waals surface area contributed by atoms with Crippen LogP contribution in [0.15, 0.2) is 65.8 Å². The van der Waals surface area contributed by atoms with Gasteiger partial charge in [-0.3, -0.25) is 0 Å². The molecule has 0 fully saturated rings.